The number of amides is 2. The van der Waals surface area contributed by atoms with E-state index in [-0.39, 0.29) is 18.1 Å². The molecular formula is C19H26N2O4. The van der Waals surface area contributed by atoms with Gasteiger partial charge in [-0.2, -0.15) is 0 Å². The third kappa shape index (κ3) is 4.47. The number of aryl methyl sites for hydroxylation is 2. The first-order valence-electron chi connectivity index (χ1n) is 8.21. The first-order chi connectivity index (χ1) is 11.8. The Balaban J connectivity index is 2.06. The highest BCUT2D eigenvalue weighted by Gasteiger charge is 2.18. The number of carbonyl (C=O) groups is 1. The summed E-state index contributed by atoms with van der Waals surface area (Å²) in [4.78, 5) is 12.4. The summed E-state index contributed by atoms with van der Waals surface area (Å²) < 4.78 is 16.2. The highest BCUT2D eigenvalue weighted by molar-refractivity contribution is 5.75. The molecule has 0 bridgehead atoms. The Kier molecular flexibility index (Phi) is 5.96. The van der Waals surface area contributed by atoms with Gasteiger partial charge in [0.1, 0.15) is 23.0 Å². The number of carbonyl (C=O) groups excluding carboxylic acids is 1. The van der Waals surface area contributed by atoms with Crippen LogP contribution in [0.3, 0.4) is 0 Å². The average molecular weight is 346 g/mol. The minimum absolute atomic E-state index is 0.156. The number of urea groups is 1. The molecule has 0 aliphatic carbocycles. The van der Waals surface area contributed by atoms with Crippen molar-refractivity contribution in [3.63, 3.8) is 0 Å². The van der Waals surface area contributed by atoms with Crippen molar-refractivity contribution in [1.82, 2.24) is 10.6 Å². The minimum atomic E-state index is -0.261. The molecule has 0 aliphatic heterocycles. The van der Waals surface area contributed by atoms with Gasteiger partial charge in [0.25, 0.3) is 0 Å². The zero-order chi connectivity index (χ0) is 18.6. The third-order valence-corrected chi connectivity index (χ3v) is 4.14. The normalized spacial score (nSPS) is 13.0. The monoisotopic (exact) mass is 346 g/mol. The summed E-state index contributed by atoms with van der Waals surface area (Å²) in [6, 6.07) is 6.78. The lowest BCUT2D eigenvalue weighted by Crippen LogP contribution is -2.38. The van der Waals surface area contributed by atoms with Gasteiger partial charge in [-0.3, -0.25) is 0 Å². The second kappa shape index (κ2) is 7.96. The van der Waals surface area contributed by atoms with E-state index < -0.39 is 0 Å². The summed E-state index contributed by atoms with van der Waals surface area (Å²) in [5, 5.41) is 5.87. The molecule has 2 rings (SSSR count). The molecule has 2 amide bonds. The molecule has 25 heavy (non-hydrogen) atoms. The molecule has 1 aromatic heterocycles. The molecule has 0 aliphatic rings. The lowest BCUT2D eigenvalue weighted by atomic mass is 10.1. The van der Waals surface area contributed by atoms with Gasteiger partial charge < -0.3 is 24.5 Å². The van der Waals surface area contributed by atoms with E-state index in [0.29, 0.717) is 11.5 Å². The van der Waals surface area contributed by atoms with Crippen molar-refractivity contribution < 1.29 is 18.7 Å². The number of methoxy groups -OCH3 is 2. The van der Waals surface area contributed by atoms with Crippen LogP contribution < -0.4 is 20.1 Å². The highest BCUT2D eigenvalue weighted by Crippen LogP contribution is 2.29. The molecular weight excluding hydrogens is 320 g/mol. The number of rotatable bonds is 6. The maximum atomic E-state index is 12.4. The number of nitrogens with one attached hydrogen (secondary N) is 2. The molecule has 1 aromatic carbocycles. The lowest BCUT2D eigenvalue weighted by molar-refractivity contribution is 0.234. The first kappa shape index (κ1) is 18.7. The van der Waals surface area contributed by atoms with Gasteiger partial charge in [0.05, 0.1) is 26.3 Å². The van der Waals surface area contributed by atoms with Gasteiger partial charge in [0.15, 0.2) is 0 Å². The van der Waals surface area contributed by atoms with E-state index in [2.05, 4.69) is 10.6 Å². The van der Waals surface area contributed by atoms with Crippen LogP contribution in [-0.4, -0.2) is 20.3 Å². The van der Waals surface area contributed by atoms with Gasteiger partial charge >= 0.3 is 6.03 Å². The van der Waals surface area contributed by atoms with E-state index in [1.807, 2.05) is 52.0 Å². The standard InChI is InChI=1S/C19H26N2O4/c1-11-9-16(14(4)25-11)12(2)20-19(22)21-13(3)17-10-15(23-5)7-8-18(17)24-6/h7-10,12-13H,1-6H3,(H2,20,21,22). The zero-order valence-corrected chi connectivity index (χ0v) is 15.6. The van der Waals surface area contributed by atoms with Crippen molar-refractivity contribution in [2.75, 3.05) is 14.2 Å². The van der Waals surface area contributed by atoms with Gasteiger partial charge in [-0.1, -0.05) is 0 Å². The van der Waals surface area contributed by atoms with Gasteiger partial charge in [-0.05, 0) is 52.0 Å². The van der Waals surface area contributed by atoms with E-state index in [0.717, 1.165) is 22.6 Å². The average Bonchev–Trinajstić information content (AvgIpc) is 2.92. The fourth-order valence-electron chi connectivity index (χ4n) is 2.85. The quantitative estimate of drug-likeness (QED) is 0.828. The van der Waals surface area contributed by atoms with E-state index in [1.165, 1.54) is 0 Å². The molecule has 6 heteroatoms. The van der Waals surface area contributed by atoms with Gasteiger partial charge in [-0.25, -0.2) is 4.79 Å². The van der Waals surface area contributed by atoms with Crippen molar-refractivity contribution in [2.24, 2.45) is 0 Å². The molecule has 0 fully saturated rings. The molecule has 0 spiro atoms. The summed E-state index contributed by atoms with van der Waals surface area (Å²) in [5.74, 6) is 3.05. The van der Waals surface area contributed by atoms with Crippen LogP contribution in [0.5, 0.6) is 11.5 Å². The van der Waals surface area contributed by atoms with Gasteiger partial charge in [0.2, 0.25) is 0 Å². The maximum absolute atomic E-state index is 12.4. The number of hydrogen-bond acceptors (Lipinski definition) is 4. The summed E-state index contributed by atoms with van der Waals surface area (Å²) in [7, 11) is 3.21. The molecule has 0 radical (unpaired) electrons. The molecule has 2 atom stereocenters. The fourth-order valence-corrected chi connectivity index (χ4v) is 2.85. The molecule has 1 heterocycles. The molecule has 2 aromatic rings. The van der Waals surface area contributed by atoms with Crippen LogP contribution in [0.15, 0.2) is 28.7 Å². The molecule has 6 nitrogen and oxygen atoms in total. The van der Waals surface area contributed by atoms with Crippen molar-refractivity contribution >= 4 is 6.03 Å². The molecule has 2 unspecified atom stereocenters. The number of hydrogen-bond donors (Lipinski definition) is 2. The summed E-state index contributed by atoms with van der Waals surface area (Å²) in [6.07, 6.45) is 0. The summed E-state index contributed by atoms with van der Waals surface area (Å²) in [6.45, 7) is 7.60. The molecule has 2 N–H and O–H groups in total. The van der Waals surface area contributed by atoms with E-state index >= 15 is 0 Å². The SMILES string of the molecule is COc1ccc(OC)c(C(C)NC(=O)NC(C)c2cc(C)oc2C)c1. The molecule has 0 saturated heterocycles. The van der Waals surface area contributed by atoms with Crippen LogP contribution in [0.2, 0.25) is 0 Å². The Hall–Kier alpha value is -2.63. The smallest absolute Gasteiger partial charge is 0.315 e. The zero-order valence-electron chi connectivity index (χ0n) is 15.6. The Morgan fingerprint density at radius 1 is 1.00 bits per heavy atom. The van der Waals surface area contributed by atoms with Gasteiger partial charge in [-0.15, -0.1) is 0 Å². The van der Waals surface area contributed by atoms with E-state index in [1.54, 1.807) is 14.2 Å². The number of benzene rings is 1. The van der Waals surface area contributed by atoms with Crippen molar-refractivity contribution in [3.05, 3.63) is 46.9 Å². The second-order valence-electron chi connectivity index (χ2n) is 6.04. The maximum Gasteiger partial charge on any atom is 0.315 e. The lowest BCUT2D eigenvalue weighted by Gasteiger charge is -2.20. The topological polar surface area (TPSA) is 72.7 Å². The molecule has 136 valence electrons. The molecule has 0 saturated carbocycles. The van der Waals surface area contributed by atoms with E-state index in [4.69, 9.17) is 13.9 Å². The number of ether oxygens (including phenoxy) is 2. The van der Waals surface area contributed by atoms with Crippen LogP contribution in [-0.2, 0) is 0 Å². The van der Waals surface area contributed by atoms with Crippen LogP contribution in [0, 0.1) is 13.8 Å². The predicted octanol–water partition coefficient (Wildman–Crippen LogP) is 4.04. The summed E-state index contributed by atoms with van der Waals surface area (Å²) >= 11 is 0. The fraction of sp³-hybridized carbons (Fsp3) is 0.421. The third-order valence-electron chi connectivity index (χ3n) is 4.14. The Morgan fingerprint density at radius 2 is 1.64 bits per heavy atom. The van der Waals surface area contributed by atoms with Crippen molar-refractivity contribution in [1.29, 1.82) is 0 Å². The van der Waals surface area contributed by atoms with Crippen LogP contribution >= 0.6 is 0 Å². The van der Waals surface area contributed by atoms with Crippen LogP contribution in [0.1, 0.15) is 48.6 Å². The van der Waals surface area contributed by atoms with E-state index in [9.17, 15) is 4.79 Å². The van der Waals surface area contributed by atoms with Crippen LogP contribution in [0.25, 0.3) is 0 Å². The summed E-state index contributed by atoms with van der Waals surface area (Å²) in [5.41, 5.74) is 1.82. The minimum Gasteiger partial charge on any atom is -0.497 e. The Bertz CT molecular complexity index is 739. The first-order valence-corrected chi connectivity index (χ1v) is 8.21. The Labute approximate surface area is 148 Å². The predicted molar refractivity (Wildman–Crippen MR) is 96.2 cm³/mol. The highest BCUT2D eigenvalue weighted by atomic mass is 16.5. The second-order valence-corrected chi connectivity index (χ2v) is 6.04. The van der Waals surface area contributed by atoms with Crippen molar-refractivity contribution in [3.8, 4) is 11.5 Å². The van der Waals surface area contributed by atoms with Crippen LogP contribution in [0.4, 0.5) is 4.79 Å². The largest absolute Gasteiger partial charge is 0.497 e. The number of furan rings is 1. The Morgan fingerprint density at radius 3 is 2.16 bits per heavy atom. The van der Waals surface area contributed by atoms with Crippen molar-refractivity contribution in [2.45, 2.75) is 39.8 Å². The van der Waals surface area contributed by atoms with Gasteiger partial charge in [0, 0.05) is 11.1 Å².